The van der Waals surface area contributed by atoms with E-state index in [1.54, 1.807) is 6.07 Å². The van der Waals surface area contributed by atoms with E-state index in [2.05, 4.69) is 13.8 Å². The average Bonchev–Trinajstić information content (AvgIpc) is 2.82. The molecule has 0 bridgehead atoms. The molecule has 0 aliphatic heterocycles. The molecule has 0 aliphatic rings. The number of hydrogen-bond donors (Lipinski definition) is 2. The zero-order valence-electron chi connectivity index (χ0n) is 21.7. The van der Waals surface area contributed by atoms with E-state index in [9.17, 15) is 10.2 Å². The van der Waals surface area contributed by atoms with Crippen molar-refractivity contribution < 1.29 is 19.7 Å². The SMILES string of the molecule is CCCCCCCCCOC(CCCCc1cccc(O)c1O)OCCCCCCCCC. The van der Waals surface area contributed by atoms with Crippen molar-refractivity contribution in [1.29, 1.82) is 0 Å². The summed E-state index contributed by atoms with van der Waals surface area (Å²) < 4.78 is 12.2. The molecule has 0 aliphatic carbocycles. The third-order valence-electron chi connectivity index (χ3n) is 6.34. The highest BCUT2D eigenvalue weighted by atomic mass is 16.7. The Labute approximate surface area is 204 Å². The predicted octanol–water partition coefficient (Wildman–Crippen LogP) is 8.67. The highest BCUT2D eigenvalue weighted by molar-refractivity contribution is 5.44. The molecule has 0 atom stereocenters. The third-order valence-corrected chi connectivity index (χ3v) is 6.34. The number of rotatable bonds is 23. The molecular weight excluding hydrogens is 412 g/mol. The van der Waals surface area contributed by atoms with E-state index in [1.165, 1.54) is 83.1 Å². The number of aryl methyl sites for hydroxylation is 1. The van der Waals surface area contributed by atoms with Gasteiger partial charge in [-0.3, -0.25) is 0 Å². The van der Waals surface area contributed by atoms with E-state index in [4.69, 9.17) is 9.47 Å². The first-order chi connectivity index (χ1) is 16.2. The summed E-state index contributed by atoms with van der Waals surface area (Å²) in [7, 11) is 0. The van der Waals surface area contributed by atoms with Crippen molar-refractivity contribution in [1.82, 2.24) is 0 Å². The van der Waals surface area contributed by atoms with Crippen molar-refractivity contribution in [3.63, 3.8) is 0 Å². The van der Waals surface area contributed by atoms with Crippen LogP contribution < -0.4 is 0 Å². The van der Waals surface area contributed by atoms with Crippen molar-refractivity contribution in [3.05, 3.63) is 23.8 Å². The van der Waals surface area contributed by atoms with Gasteiger partial charge < -0.3 is 19.7 Å². The number of ether oxygens (including phenoxy) is 2. The maximum atomic E-state index is 9.98. The molecule has 0 radical (unpaired) electrons. The molecule has 0 heterocycles. The quantitative estimate of drug-likeness (QED) is 0.0966. The molecule has 0 saturated carbocycles. The number of phenols is 2. The van der Waals surface area contributed by atoms with Crippen LogP contribution in [0.25, 0.3) is 0 Å². The molecular formula is C29H52O4. The van der Waals surface area contributed by atoms with Gasteiger partial charge in [0.1, 0.15) is 0 Å². The zero-order valence-corrected chi connectivity index (χ0v) is 21.7. The van der Waals surface area contributed by atoms with Crippen molar-refractivity contribution >= 4 is 0 Å². The summed E-state index contributed by atoms with van der Waals surface area (Å²) in [6.45, 7) is 6.07. The average molecular weight is 465 g/mol. The number of para-hydroxylation sites is 1. The molecule has 192 valence electrons. The molecule has 1 aromatic carbocycles. The van der Waals surface area contributed by atoms with E-state index in [0.717, 1.165) is 57.3 Å². The molecule has 0 aromatic heterocycles. The molecule has 4 heteroatoms. The largest absolute Gasteiger partial charge is 0.504 e. The summed E-state index contributed by atoms with van der Waals surface area (Å²) in [4.78, 5) is 0. The second-order valence-corrected chi connectivity index (χ2v) is 9.44. The number of aromatic hydroxyl groups is 2. The predicted molar refractivity (Wildman–Crippen MR) is 139 cm³/mol. The van der Waals surface area contributed by atoms with Gasteiger partial charge in [0.15, 0.2) is 17.8 Å². The van der Waals surface area contributed by atoms with Gasteiger partial charge in [0.05, 0.1) is 0 Å². The van der Waals surface area contributed by atoms with E-state index in [0.29, 0.717) is 0 Å². The first-order valence-corrected chi connectivity index (χ1v) is 13.9. The normalized spacial score (nSPS) is 11.5. The second kappa shape index (κ2) is 21.3. The molecule has 0 spiro atoms. The van der Waals surface area contributed by atoms with Crippen LogP contribution in [0.2, 0.25) is 0 Å². The molecule has 0 amide bonds. The van der Waals surface area contributed by atoms with Crippen LogP contribution in [0.3, 0.4) is 0 Å². The Morgan fingerprint density at radius 1 is 0.636 bits per heavy atom. The van der Waals surface area contributed by atoms with E-state index in [1.807, 2.05) is 6.07 Å². The number of benzene rings is 1. The maximum absolute atomic E-state index is 9.98. The van der Waals surface area contributed by atoms with E-state index in [-0.39, 0.29) is 17.8 Å². The lowest BCUT2D eigenvalue weighted by Crippen LogP contribution is -2.19. The van der Waals surface area contributed by atoms with Crippen molar-refractivity contribution in [2.45, 2.75) is 136 Å². The van der Waals surface area contributed by atoms with Crippen LogP contribution in [0.5, 0.6) is 11.5 Å². The molecule has 0 fully saturated rings. The Hall–Kier alpha value is -1.26. The first-order valence-electron chi connectivity index (χ1n) is 13.9. The Kier molecular flexibility index (Phi) is 19.2. The lowest BCUT2D eigenvalue weighted by molar-refractivity contribution is -0.148. The molecule has 33 heavy (non-hydrogen) atoms. The van der Waals surface area contributed by atoms with Crippen LogP contribution in [-0.4, -0.2) is 29.7 Å². The molecule has 4 nitrogen and oxygen atoms in total. The lowest BCUT2D eigenvalue weighted by atomic mass is 10.1. The monoisotopic (exact) mass is 464 g/mol. The van der Waals surface area contributed by atoms with Crippen LogP contribution in [0.15, 0.2) is 18.2 Å². The molecule has 0 unspecified atom stereocenters. The number of hydrogen-bond acceptors (Lipinski definition) is 4. The van der Waals surface area contributed by atoms with Crippen molar-refractivity contribution in [2.24, 2.45) is 0 Å². The van der Waals surface area contributed by atoms with Crippen LogP contribution in [0.1, 0.15) is 129 Å². The summed E-state index contributed by atoms with van der Waals surface area (Å²) in [6.07, 6.45) is 21.4. The van der Waals surface area contributed by atoms with Crippen LogP contribution in [0.4, 0.5) is 0 Å². The minimum absolute atomic E-state index is 0.0134. The Bertz CT molecular complexity index is 541. The highest BCUT2D eigenvalue weighted by Crippen LogP contribution is 2.29. The van der Waals surface area contributed by atoms with Crippen molar-refractivity contribution in [2.75, 3.05) is 13.2 Å². The minimum atomic E-state index is -0.122. The van der Waals surface area contributed by atoms with Gasteiger partial charge in [0, 0.05) is 13.2 Å². The molecule has 1 aromatic rings. The lowest BCUT2D eigenvalue weighted by Gasteiger charge is -2.19. The fourth-order valence-corrected chi connectivity index (χ4v) is 4.17. The minimum Gasteiger partial charge on any atom is -0.504 e. The standard InChI is InChI=1S/C29H52O4/c1-3-5-7-9-11-13-17-24-32-28(33-25-18-14-12-10-8-6-4-2)23-16-15-20-26-21-19-22-27(30)29(26)31/h19,21-22,28,30-31H,3-18,20,23-25H2,1-2H3. The molecule has 0 saturated heterocycles. The van der Waals surface area contributed by atoms with Gasteiger partial charge in [0.25, 0.3) is 0 Å². The van der Waals surface area contributed by atoms with Crippen LogP contribution in [-0.2, 0) is 15.9 Å². The fourth-order valence-electron chi connectivity index (χ4n) is 4.17. The first kappa shape index (κ1) is 29.8. The Balaban J connectivity index is 2.25. The van der Waals surface area contributed by atoms with Gasteiger partial charge in [0.2, 0.25) is 0 Å². The van der Waals surface area contributed by atoms with Gasteiger partial charge in [-0.25, -0.2) is 0 Å². The van der Waals surface area contributed by atoms with Gasteiger partial charge >= 0.3 is 0 Å². The summed E-state index contributed by atoms with van der Waals surface area (Å²) >= 11 is 0. The van der Waals surface area contributed by atoms with Crippen LogP contribution in [0, 0.1) is 0 Å². The summed E-state index contributed by atoms with van der Waals surface area (Å²) in [6, 6.07) is 5.18. The van der Waals surface area contributed by atoms with Gasteiger partial charge in [-0.1, -0.05) is 103 Å². The van der Waals surface area contributed by atoms with E-state index < -0.39 is 0 Å². The van der Waals surface area contributed by atoms with Gasteiger partial charge in [-0.2, -0.15) is 0 Å². The van der Waals surface area contributed by atoms with Gasteiger partial charge in [-0.05, 0) is 50.2 Å². The summed E-state index contributed by atoms with van der Waals surface area (Å²) in [5, 5.41) is 19.6. The summed E-state index contributed by atoms with van der Waals surface area (Å²) in [5.41, 5.74) is 0.805. The zero-order chi connectivity index (χ0) is 24.0. The Morgan fingerprint density at radius 2 is 1.15 bits per heavy atom. The van der Waals surface area contributed by atoms with E-state index >= 15 is 0 Å². The van der Waals surface area contributed by atoms with Crippen molar-refractivity contribution in [3.8, 4) is 11.5 Å². The maximum Gasteiger partial charge on any atom is 0.160 e. The topological polar surface area (TPSA) is 58.9 Å². The second-order valence-electron chi connectivity index (χ2n) is 9.44. The van der Waals surface area contributed by atoms with Crippen LogP contribution >= 0.6 is 0 Å². The molecule has 1 rings (SSSR count). The fraction of sp³-hybridized carbons (Fsp3) is 0.793. The summed E-state index contributed by atoms with van der Waals surface area (Å²) in [5.74, 6) is -0.0270. The van der Waals surface area contributed by atoms with Gasteiger partial charge in [-0.15, -0.1) is 0 Å². The number of unbranched alkanes of at least 4 members (excludes halogenated alkanes) is 13. The Morgan fingerprint density at radius 3 is 1.70 bits per heavy atom. The highest BCUT2D eigenvalue weighted by Gasteiger charge is 2.11. The molecule has 2 N–H and O–H groups in total. The third kappa shape index (κ3) is 16.1. The number of phenolic OH excluding ortho intramolecular Hbond substituents is 2. The smallest absolute Gasteiger partial charge is 0.160 e.